The Kier molecular flexibility index (Phi) is 5.09. The Labute approximate surface area is 156 Å². The van der Waals surface area contributed by atoms with Crippen molar-refractivity contribution >= 4 is 23.1 Å². The number of rotatable bonds is 3. The largest absolute Gasteiger partial charge is 0.496 e. The van der Waals surface area contributed by atoms with Crippen LogP contribution in [0.5, 0.6) is 5.75 Å². The first-order chi connectivity index (χ1) is 12.4. The van der Waals surface area contributed by atoms with E-state index in [0.717, 1.165) is 0 Å². The zero-order chi connectivity index (χ0) is 18.8. The van der Waals surface area contributed by atoms with Crippen molar-refractivity contribution < 1.29 is 13.9 Å². The molecule has 4 nitrogen and oxygen atoms in total. The number of ether oxygens (including phenoxy) is 1. The number of nitrogens with zero attached hydrogens (tertiary/aromatic N) is 2. The maximum atomic E-state index is 14.7. The van der Waals surface area contributed by atoms with Crippen LogP contribution >= 0.6 is 11.6 Å². The molecule has 0 N–H and O–H groups in total. The van der Waals surface area contributed by atoms with Crippen LogP contribution in [-0.2, 0) is 0 Å². The van der Waals surface area contributed by atoms with E-state index in [0.29, 0.717) is 33.2 Å². The van der Waals surface area contributed by atoms with Crippen molar-refractivity contribution in [3.63, 3.8) is 0 Å². The standard InChI is InChI=1S/C20H18ClFN2O2/c1-24(2)11-12-10-23-19(18-16(22)5-4-6-17(18)26-3)15-9-13(21)7-8-14(15)20(12)25/h4-9,11H,10H2,1-3H3/b12-11+. The molecule has 0 saturated carbocycles. The third kappa shape index (κ3) is 3.35. The van der Waals surface area contributed by atoms with Crippen LogP contribution in [0.1, 0.15) is 21.5 Å². The fourth-order valence-corrected chi connectivity index (χ4v) is 3.11. The molecule has 0 amide bonds. The van der Waals surface area contributed by atoms with Crippen LogP contribution in [0.25, 0.3) is 0 Å². The minimum absolute atomic E-state index is 0.135. The molecule has 0 spiro atoms. The Balaban J connectivity index is 2.30. The lowest BCUT2D eigenvalue weighted by Crippen LogP contribution is -2.13. The number of hydrogen-bond donors (Lipinski definition) is 0. The fraction of sp³-hybridized carbons (Fsp3) is 0.200. The minimum Gasteiger partial charge on any atom is -0.496 e. The predicted molar refractivity (Wildman–Crippen MR) is 101 cm³/mol. The summed E-state index contributed by atoms with van der Waals surface area (Å²) >= 11 is 6.15. The first-order valence-electron chi connectivity index (χ1n) is 8.01. The highest BCUT2D eigenvalue weighted by molar-refractivity contribution is 6.32. The fourth-order valence-electron chi connectivity index (χ4n) is 2.93. The van der Waals surface area contributed by atoms with Gasteiger partial charge in [0.05, 0.1) is 24.9 Å². The molecule has 0 bridgehead atoms. The highest BCUT2D eigenvalue weighted by atomic mass is 35.5. The average Bonchev–Trinajstić information content (AvgIpc) is 2.72. The van der Waals surface area contributed by atoms with E-state index in [4.69, 9.17) is 16.3 Å². The van der Waals surface area contributed by atoms with Crippen LogP contribution in [-0.4, -0.2) is 44.1 Å². The summed E-state index contributed by atoms with van der Waals surface area (Å²) in [7, 11) is 5.13. The molecule has 2 aromatic rings. The summed E-state index contributed by atoms with van der Waals surface area (Å²) in [5, 5.41) is 0.444. The Morgan fingerprint density at radius 2 is 2.00 bits per heavy atom. The van der Waals surface area contributed by atoms with Crippen molar-refractivity contribution in [2.24, 2.45) is 4.99 Å². The van der Waals surface area contributed by atoms with E-state index in [-0.39, 0.29) is 17.9 Å². The number of carbonyl (C=O) groups is 1. The van der Waals surface area contributed by atoms with Gasteiger partial charge in [-0.05, 0) is 30.3 Å². The highest BCUT2D eigenvalue weighted by Gasteiger charge is 2.27. The quantitative estimate of drug-likeness (QED) is 0.766. The summed E-state index contributed by atoms with van der Waals surface area (Å²) in [4.78, 5) is 19.3. The van der Waals surface area contributed by atoms with E-state index in [9.17, 15) is 9.18 Å². The maximum Gasteiger partial charge on any atom is 0.193 e. The first-order valence-corrected chi connectivity index (χ1v) is 8.39. The number of halogens is 2. The molecule has 0 unspecified atom stereocenters. The van der Waals surface area contributed by atoms with Gasteiger partial charge in [0, 0.05) is 42.0 Å². The van der Waals surface area contributed by atoms with Crippen LogP contribution in [0.15, 0.2) is 53.2 Å². The van der Waals surface area contributed by atoms with Crippen LogP contribution in [0, 0.1) is 5.82 Å². The normalized spacial score (nSPS) is 15.3. The van der Waals surface area contributed by atoms with Crippen molar-refractivity contribution in [1.82, 2.24) is 4.90 Å². The smallest absolute Gasteiger partial charge is 0.193 e. The average molecular weight is 373 g/mol. The summed E-state index contributed by atoms with van der Waals surface area (Å²) in [6.45, 7) is 0.135. The second kappa shape index (κ2) is 7.30. The molecule has 134 valence electrons. The number of benzene rings is 2. The molecule has 0 atom stereocenters. The minimum atomic E-state index is -0.471. The third-order valence-corrected chi connectivity index (χ3v) is 4.26. The summed E-state index contributed by atoms with van der Waals surface area (Å²) in [6, 6.07) is 9.50. The van der Waals surface area contributed by atoms with Crippen molar-refractivity contribution in [2.45, 2.75) is 0 Å². The molecule has 0 fully saturated rings. The van der Waals surface area contributed by atoms with Gasteiger partial charge >= 0.3 is 0 Å². The van der Waals surface area contributed by atoms with Gasteiger partial charge in [-0.15, -0.1) is 0 Å². The lowest BCUT2D eigenvalue weighted by molar-refractivity contribution is 0.103. The molecule has 0 aromatic heterocycles. The van der Waals surface area contributed by atoms with E-state index in [1.807, 2.05) is 14.1 Å². The summed E-state index contributed by atoms with van der Waals surface area (Å²) in [6.07, 6.45) is 1.73. The summed E-state index contributed by atoms with van der Waals surface area (Å²) in [5.41, 5.74) is 2.02. The summed E-state index contributed by atoms with van der Waals surface area (Å²) in [5.74, 6) is -0.275. The molecule has 3 rings (SSSR count). The molecule has 1 aliphatic heterocycles. The third-order valence-electron chi connectivity index (χ3n) is 4.03. The van der Waals surface area contributed by atoms with Gasteiger partial charge in [0.15, 0.2) is 5.78 Å². The Bertz CT molecular complexity index is 935. The number of carbonyl (C=O) groups excluding carboxylic acids is 1. The van der Waals surface area contributed by atoms with E-state index in [1.54, 1.807) is 41.4 Å². The van der Waals surface area contributed by atoms with Crippen LogP contribution < -0.4 is 4.74 Å². The lowest BCUT2D eigenvalue weighted by Gasteiger charge is -2.13. The molecular formula is C20H18ClFN2O2. The lowest BCUT2D eigenvalue weighted by atomic mass is 9.93. The van der Waals surface area contributed by atoms with E-state index >= 15 is 0 Å². The van der Waals surface area contributed by atoms with Gasteiger partial charge in [-0.2, -0.15) is 0 Å². The van der Waals surface area contributed by atoms with Gasteiger partial charge in [-0.3, -0.25) is 9.79 Å². The van der Waals surface area contributed by atoms with E-state index < -0.39 is 5.82 Å². The highest BCUT2D eigenvalue weighted by Crippen LogP contribution is 2.30. The van der Waals surface area contributed by atoms with Crippen molar-refractivity contribution in [3.05, 3.63) is 75.7 Å². The van der Waals surface area contributed by atoms with Crippen molar-refractivity contribution in [3.8, 4) is 5.75 Å². The molecule has 26 heavy (non-hydrogen) atoms. The molecule has 1 heterocycles. The Hall–Kier alpha value is -2.66. The van der Waals surface area contributed by atoms with Crippen LogP contribution in [0.3, 0.4) is 0 Å². The number of aliphatic imine (C=N–C) groups is 1. The zero-order valence-electron chi connectivity index (χ0n) is 14.7. The number of Topliss-reactive ketones (excluding diaryl/α,β-unsaturated/α-hetero) is 1. The van der Waals surface area contributed by atoms with Gasteiger partial charge in [-0.1, -0.05) is 17.7 Å². The first kappa shape index (κ1) is 18.1. The van der Waals surface area contributed by atoms with Crippen molar-refractivity contribution in [2.75, 3.05) is 27.7 Å². The molecule has 0 radical (unpaired) electrons. The SMILES string of the molecule is COc1cccc(F)c1C1=NC/C(=C\N(C)C)C(=O)c2ccc(Cl)cc21. The second-order valence-corrected chi connectivity index (χ2v) is 6.56. The molecule has 0 aliphatic carbocycles. The maximum absolute atomic E-state index is 14.7. The van der Waals surface area contributed by atoms with Gasteiger partial charge in [-0.25, -0.2) is 4.39 Å². The predicted octanol–water partition coefficient (Wildman–Crippen LogP) is 3.97. The van der Waals surface area contributed by atoms with Gasteiger partial charge in [0.2, 0.25) is 0 Å². The number of fused-ring (bicyclic) bond motifs is 1. The number of methoxy groups -OCH3 is 1. The molecule has 1 aliphatic rings. The molecular weight excluding hydrogens is 355 g/mol. The Morgan fingerprint density at radius 1 is 1.23 bits per heavy atom. The molecule has 6 heteroatoms. The van der Waals surface area contributed by atoms with E-state index in [2.05, 4.69) is 4.99 Å². The van der Waals surface area contributed by atoms with Crippen LogP contribution in [0.4, 0.5) is 4.39 Å². The van der Waals surface area contributed by atoms with E-state index in [1.165, 1.54) is 13.2 Å². The topological polar surface area (TPSA) is 41.9 Å². The Morgan fingerprint density at radius 3 is 2.69 bits per heavy atom. The zero-order valence-corrected chi connectivity index (χ0v) is 15.5. The molecule has 2 aromatic carbocycles. The number of ketones is 1. The van der Waals surface area contributed by atoms with Crippen LogP contribution in [0.2, 0.25) is 5.02 Å². The second-order valence-electron chi connectivity index (χ2n) is 6.12. The summed E-state index contributed by atoms with van der Waals surface area (Å²) < 4.78 is 20.0. The van der Waals surface area contributed by atoms with Crippen molar-refractivity contribution in [1.29, 1.82) is 0 Å². The van der Waals surface area contributed by atoms with Gasteiger partial charge in [0.25, 0.3) is 0 Å². The number of hydrogen-bond acceptors (Lipinski definition) is 4. The van der Waals surface area contributed by atoms with Gasteiger partial charge in [0.1, 0.15) is 11.6 Å². The monoisotopic (exact) mass is 372 g/mol. The molecule has 0 saturated heterocycles. The van der Waals surface area contributed by atoms with Gasteiger partial charge < -0.3 is 9.64 Å².